The van der Waals surface area contributed by atoms with Gasteiger partial charge in [0.25, 0.3) is 11.8 Å². The average Bonchev–Trinajstić information content (AvgIpc) is 3.48. The smallest absolute Gasteiger partial charge is 0.262 e. The number of carbonyl (C=O) groups is 2. The number of methoxy groups -OCH3 is 2. The van der Waals surface area contributed by atoms with Crippen molar-refractivity contribution in [2.45, 2.75) is 12.5 Å². The Bertz CT molecular complexity index is 1500. The Kier molecular flexibility index (Phi) is 9.91. The van der Waals surface area contributed by atoms with Crippen molar-refractivity contribution in [2.75, 3.05) is 60.2 Å². The van der Waals surface area contributed by atoms with Gasteiger partial charge in [0.2, 0.25) is 0 Å². The van der Waals surface area contributed by atoms with Gasteiger partial charge in [0.05, 0.1) is 39.2 Å². The van der Waals surface area contributed by atoms with Gasteiger partial charge >= 0.3 is 0 Å². The lowest BCUT2D eigenvalue weighted by Gasteiger charge is -2.31. The number of nitrogens with zero attached hydrogens (tertiary/aromatic N) is 4. The number of hydrogen-bond donors (Lipinski definition) is 0. The van der Waals surface area contributed by atoms with E-state index in [0.717, 1.165) is 13.1 Å². The van der Waals surface area contributed by atoms with Crippen LogP contribution >= 0.6 is 11.6 Å². The summed E-state index contributed by atoms with van der Waals surface area (Å²) < 4.78 is 30.6. The van der Waals surface area contributed by atoms with Crippen molar-refractivity contribution in [3.63, 3.8) is 0 Å². The lowest BCUT2D eigenvalue weighted by molar-refractivity contribution is -0.133. The Morgan fingerprint density at radius 2 is 1.84 bits per heavy atom. The minimum atomic E-state index is -0.547. The van der Waals surface area contributed by atoms with Crippen LogP contribution in [0, 0.1) is 5.82 Å². The minimum absolute atomic E-state index is 0.169. The molecule has 0 N–H and O–H groups in total. The number of hydrazone groups is 1. The van der Waals surface area contributed by atoms with E-state index >= 15 is 0 Å². The Hall–Kier alpha value is -3.99. The SMILES string of the molecule is COc1ccc(OC)c(C2CC(c3ccccc3Cl)=NN2C(=O)CN(CCN2CCOCC2)C(=O)c2cccc(F)c2)c1. The molecule has 1 atom stereocenters. The molecule has 1 fully saturated rings. The van der Waals surface area contributed by atoms with E-state index in [0.29, 0.717) is 59.5 Å². The number of carbonyl (C=O) groups excluding carboxylic acids is 2. The van der Waals surface area contributed by atoms with E-state index < -0.39 is 23.7 Å². The monoisotopic (exact) mass is 608 g/mol. The van der Waals surface area contributed by atoms with Crippen molar-refractivity contribution in [3.05, 3.63) is 94.3 Å². The van der Waals surface area contributed by atoms with Gasteiger partial charge in [-0.1, -0.05) is 35.9 Å². The van der Waals surface area contributed by atoms with Crippen molar-refractivity contribution >= 4 is 29.1 Å². The molecule has 2 aliphatic rings. The summed E-state index contributed by atoms with van der Waals surface area (Å²) >= 11 is 6.53. The standard InChI is InChI=1S/C32H34ClFN4O5/c1-41-24-10-11-30(42-2)26(19-24)29-20-28(25-8-3-4-9-27(25)33)35-38(29)31(39)21-37(13-12-36-14-16-43-17-15-36)32(40)22-6-5-7-23(34)18-22/h3-11,18-19,29H,12-17,20-21H2,1-2H3. The van der Waals surface area contributed by atoms with Crippen LogP contribution < -0.4 is 9.47 Å². The highest BCUT2D eigenvalue weighted by Gasteiger charge is 2.37. The first-order valence-corrected chi connectivity index (χ1v) is 14.5. The van der Waals surface area contributed by atoms with Gasteiger partial charge in [-0.25, -0.2) is 9.40 Å². The van der Waals surface area contributed by atoms with E-state index in [4.69, 9.17) is 30.9 Å². The van der Waals surface area contributed by atoms with E-state index in [1.165, 1.54) is 28.1 Å². The van der Waals surface area contributed by atoms with E-state index in [2.05, 4.69) is 4.90 Å². The zero-order chi connectivity index (χ0) is 30.3. The lowest BCUT2D eigenvalue weighted by Crippen LogP contribution is -2.46. The van der Waals surface area contributed by atoms with E-state index in [1.807, 2.05) is 24.3 Å². The highest BCUT2D eigenvalue weighted by Crippen LogP contribution is 2.40. The van der Waals surface area contributed by atoms with Crippen LogP contribution in [0.2, 0.25) is 5.02 Å². The average molecular weight is 609 g/mol. The molecule has 5 rings (SSSR count). The first-order chi connectivity index (χ1) is 20.9. The molecule has 2 aliphatic heterocycles. The largest absolute Gasteiger partial charge is 0.497 e. The van der Waals surface area contributed by atoms with Gasteiger partial charge < -0.3 is 19.1 Å². The summed E-state index contributed by atoms with van der Waals surface area (Å²) in [6.45, 7) is 3.21. The molecule has 11 heteroatoms. The molecule has 3 aromatic carbocycles. The van der Waals surface area contributed by atoms with Gasteiger partial charge in [0, 0.05) is 54.3 Å². The molecule has 0 spiro atoms. The van der Waals surface area contributed by atoms with Crippen LogP contribution in [0.4, 0.5) is 4.39 Å². The van der Waals surface area contributed by atoms with Crippen LogP contribution in [0.3, 0.4) is 0 Å². The summed E-state index contributed by atoms with van der Waals surface area (Å²) in [7, 11) is 3.13. The van der Waals surface area contributed by atoms with E-state index in [-0.39, 0.29) is 18.7 Å². The van der Waals surface area contributed by atoms with Crippen molar-refractivity contribution in [2.24, 2.45) is 5.10 Å². The van der Waals surface area contributed by atoms with E-state index in [9.17, 15) is 14.0 Å². The van der Waals surface area contributed by atoms with Gasteiger partial charge in [0.1, 0.15) is 23.9 Å². The second kappa shape index (κ2) is 14.0. The molecule has 1 unspecified atom stereocenters. The highest BCUT2D eigenvalue weighted by atomic mass is 35.5. The second-order valence-electron chi connectivity index (χ2n) is 10.3. The second-order valence-corrected chi connectivity index (χ2v) is 10.7. The maximum Gasteiger partial charge on any atom is 0.262 e. The Labute approximate surface area is 255 Å². The first kappa shape index (κ1) is 30.5. The minimum Gasteiger partial charge on any atom is -0.497 e. The Balaban J connectivity index is 1.47. The van der Waals surface area contributed by atoms with Crippen molar-refractivity contribution in [1.82, 2.24) is 14.8 Å². The third kappa shape index (κ3) is 7.15. The first-order valence-electron chi connectivity index (χ1n) is 14.1. The quantitative estimate of drug-likeness (QED) is 0.333. The number of halogens is 2. The van der Waals surface area contributed by atoms with Crippen LogP contribution in [-0.2, 0) is 9.53 Å². The van der Waals surface area contributed by atoms with Gasteiger partial charge in [-0.15, -0.1) is 0 Å². The van der Waals surface area contributed by atoms with Crippen molar-refractivity contribution < 1.29 is 28.2 Å². The van der Waals surface area contributed by atoms with Gasteiger partial charge in [-0.05, 0) is 42.5 Å². The molecule has 3 aromatic rings. The molecule has 2 heterocycles. The summed E-state index contributed by atoms with van der Waals surface area (Å²) in [6, 6.07) is 17.7. The number of rotatable bonds is 10. The normalized spacial score (nSPS) is 17.0. The fourth-order valence-electron chi connectivity index (χ4n) is 5.32. The maximum absolute atomic E-state index is 14.1. The molecule has 0 aromatic heterocycles. The maximum atomic E-state index is 14.1. The summed E-state index contributed by atoms with van der Waals surface area (Å²) in [5.74, 6) is -0.194. The molecule has 0 aliphatic carbocycles. The third-order valence-electron chi connectivity index (χ3n) is 7.62. The molecule has 226 valence electrons. The van der Waals surface area contributed by atoms with Gasteiger partial charge in [-0.3, -0.25) is 14.5 Å². The van der Waals surface area contributed by atoms with Gasteiger partial charge in [-0.2, -0.15) is 5.10 Å². The molecule has 0 radical (unpaired) electrons. The molecule has 0 bridgehead atoms. The number of hydrogen-bond acceptors (Lipinski definition) is 7. The molecule has 2 amide bonds. The van der Waals surface area contributed by atoms with Crippen molar-refractivity contribution in [3.8, 4) is 11.5 Å². The molecular formula is C32H34ClFN4O5. The Morgan fingerprint density at radius 1 is 1.05 bits per heavy atom. The van der Waals surface area contributed by atoms with Crippen LogP contribution in [0.25, 0.3) is 0 Å². The highest BCUT2D eigenvalue weighted by molar-refractivity contribution is 6.34. The zero-order valence-electron chi connectivity index (χ0n) is 24.2. The predicted molar refractivity (Wildman–Crippen MR) is 161 cm³/mol. The molecule has 9 nitrogen and oxygen atoms in total. The fourth-order valence-corrected chi connectivity index (χ4v) is 5.56. The number of benzene rings is 3. The molecular weight excluding hydrogens is 575 g/mol. The zero-order valence-corrected chi connectivity index (χ0v) is 24.9. The predicted octanol–water partition coefficient (Wildman–Crippen LogP) is 4.65. The topological polar surface area (TPSA) is 83.9 Å². The van der Waals surface area contributed by atoms with Crippen molar-refractivity contribution in [1.29, 1.82) is 0 Å². The van der Waals surface area contributed by atoms with Crippen LogP contribution in [0.1, 0.15) is 33.9 Å². The number of morpholine rings is 1. The molecule has 43 heavy (non-hydrogen) atoms. The van der Waals surface area contributed by atoms with E-state index in [1.54, 1.807) is 38.5 Å². The van der Waals surface area contributed by atoms with Crippen LogP contribution in [0.15, 0.2) is 71.8 Å². The Morgan fingerprint density at radius 3 is 2.56 bits per heavy atom. The summed E-state index contributed by atoms with van der Waals surface area (Å²) in [5.41, 5.74) is 2.22. The summed E-state index contributed by atoms with van der Waals surface area (Å²) in [4.78, 5) is 31.4. The number of amides is 2. The fraction of sp³-hybridized carbons (Fsp3) is 0.344. The van der Waals surface area contributed by atoms with Crippen LogP contribution in [0.5, 0.6) is 11.5 Å². The third-order valence-corrected chi connectivity index (χ3v) is 7.95. The molecule has 1 saturated heterocycles. The summed E-state index contributed by atoms with van der Waals surface area (Å²) in [6.07, 6.45) is 0.366. The lowest BCUT2D eigenvalue weighted by atomic mass is 9.97. The number of ether oxygens (including phenoxy) is 3. The van der Waals surface area contributed by atoms with Gasteiger partial charge in [0.15, 0.2) is 0 Å². The summed E-state index contributed by atoms with van der Waals surface area (Å²) in [5, 5.41) is 6.67. The molecule has 0 saturated carbocycles. The van der Waals surface area contributed by atoms with Crippen LogP contribution in [-0.4, -0.2) is 92.5 Å².